The Hall–Kier alpha value is -3.09. The molecule has 0 amide bonds. The molecule has 1 aliphatic heterocycles. The molecule has 0 radical (unpaired) electrons. The number of halogens is 5. The fourth-order valence-corrected chi connectivity index (χ4v) is 3.42. The van der Waals surface area contributed by atoms with E-state index in [1.807, 2.05) is 12.1 Å². The second-order valence-corrected chi connectivity index (χ2v) is 6.78. The highest BCUT2D eigenvalue weighted by molar-refractivity contribution is 6.02. The quantitative estimate of drug-likeness (QED) is 0.468. The SMILES string of the molecule is Fc1cccc(F)c1C1=NC(c2ccc(-c3ccc(C(F)(F)F)nc3)cc2)CC1. The van der Waals surface area contributed by atoms with Crippen molar-refractivity contribution in [3.63, 3.8) is 0 Å². The van der Waals surface area contributed by atoms with Crippen molar-refractivity contribution < 1.29 is 22.0 Å². The first kappa shape index (κ1) is 19.2. The molecule has 0 saturated heterocycles. The van der Waals surface area contributed by atoms with Gasteiger partial charge in [-0.15, -0.1) is 0 Å². The summed E-state index contributed by atoms with van der Waals surface area (Å²) in [4.78, 5) is 7.96. The molecule has 1 aromatic heterocycles. The van der Waals surface area contributed by atoms with E-state index >= 15 is 0 Å². The Morgan fingerprint density at radius 2 is 1.48 bits per heavy atom. The van der Waals surface area contributed by atoms with Crippen LogP contribution in [0.3, 0.4) is 0 Å². The fraction of sp³-hybridized carbons (Fsp3) is 0.182. The highest BCUT2D eigenvalue weighted by atomic mass is 19.4. The lowest BCUT2D eigenvalue weighted by atomic mass is 10.00. The third kappa shape index (κ3) is 3.90. The number of aliphatic imine (C=N–C) groups is 1. The van der Waals surface area contributed by atoms with Gasteiger partial charge in [0.15, 0.2) is 0 Å². The van der Waals surface area contributed by atoms with E-state index in [9.17, 15) is 22.0 Å². The van der Waals surface area contributed by atoms with E-state index in [1.165, 1.54) is 30.5 Å². The van der Waals surface area contributed by atoms with Gasteiger partial charge in [-0.05, 0) is 42.2 Å². The Morgan fingerprint density at radius 1 is 0.828 bits per heavy atom. The van der Waals surface area contributed by atoms with Crippen molar-refractivity contribution in [3.8, 4) is 11.1 Å². The molecule has 4 rings (SSSR count). The molecule has 7 heteroatoms. The first-order chi connectivity index (χ1) is 13.8. The second-order valence-electron chi connectivity index (χ2n) is 6.78. The predicted molar refractivity (Wildman–Crippen MR) is 99.5 cm³/mol. The lowest BCUT2D eigenvalue weighted by molar-refractivity contribution is -0.141. The number of aromatic nitrogens is 1. The lowest BCUT2D eigenvalue weighted by Crippen LogP contribution is -2.07. The second kappa shape index (κ2) is 7.39. The van der Waals surface area contributed by atoms with Crippen LogP contribution in [-0.4, -0.2) is 10.7 Å². The van der Waals surface area contributed by atoms with Gasteiger partial charge in [-0.3, -0.25) is 9.98 Å². The molecule has 0 fully saturated rings. The standard InChI is InChI=1S/C22H15F5N2/c23-16-2-1-3-17(24)21(16)19-10-9-18(29-19)14-6-4-13(5-7-14)15-8-11-20(28-12-15)22(25,26)27/h1-8,11-12,18H,9-10H2. The van der Waals surface area contributed by atoms with Gasteiger partial charge in [0.1, 0.15) is 17.3 Å². The van der Waals surface area contributed by atoms with Gasteiger partial charge in [-0.25, -0.2) is 8.78 Å². The average molecular weight is 402 g/mol. The van der Waals surface area contributed by atoms with Gasteiger partial charge >= 0.3 is 6.18 Å². The Labute approximate surface area is 163 Å². The highest BCUT2D eigenvalue weighted by Gasteiger charge is 2.32. The van der Waals surface area contributed by atoms with Crippen LogP contribution in [0.25, 0.3) is 11.1 Å². The molecule has 2 nitrogen and oxygen atoms in total. The van der Waals surface area contributed by atoms with Gasteiger partial charge in [0.25, 0.3) is 0 Å². The van der Waals surface area contributed by atoms with Crippen molar-refractivity contribution in [2.45, 2.75) is 25.1 Å². The van der Waals surface area contributed by atoms with Crippen molar-refractivity contribution in [3.05, 3.63) is 89.2 Å². The molecule has 29 heavy (non-hydrogen) atoms. The van der Waals surface area contributed by atoms with Crippen LogP contribution in [-0.2, 0) is 6.18 Å². The van der Waals surface area contributed by atoms with Crippen LogP contribution in [0, 0.1) is 11.6 Å². The van der Waals surface area contributed by atoms with E-state index in [4.69, 9.17) is 0 Å². The van der Waals surface area contributed by atoms with E-state index in [-0.39, 0.29) is 11.6 Å². The molecule has 1 unspecified atom stereocenters. The molecule has 1 atom stereocenters. The number of benzene rings is 2. The van der Waals surface area contributed by atoms with Crippen LogP contribution in [0.1, 0.15) is 35.7 Å². The van der Waals surface area contributed by atoms with Crippen molar-refractivity contribution in [2.75, 3.05) is 0 Å². The minimum absolute atomic E-state index is 0.0811. The molecule has 0 aliphatic carbocycles. The van der Waals surface area contributed by atoms with Gasteiger partial charge in [0.2, 0.25) is 0 Å². The van der Waals surface area contributed by atoms with E-state index in [0.717, 1.165) is 17.2 Å². The maximum absolute atomic E-state index is 14.0. The number of hydrogen-bond donors (Lipinski definition) is 0. The van der Waals surface area contributed by atoms with Gasteiger partial charge in [-0.1, -0.05) is 36.4 Å². The molecule has 1 aliphatic rings. The van der Waals surface area contributed by atoms with E-state index in [1.54, 1.807) is 12.1 Å². The Morgan fingerprint density at radius 3 is 2.07 bits per heavy atom. The van der Waals surface area contributed by atoms with Crippen LogP contribution in [0.2, 0.25) is 0 Å². The topological polar surface area (TPSA) is 25.2 Å². The number of pyridine rings is 1. The van der Waals surface area contributed by atoms with Crippen LogP contribution in [0.15, 0.2) is 65.8 Å². The molecule has 3 aromatic rings. The minimum atomic E-state index is -4.47. The number of hydrogen-bond acceptors (Lipinski definition) is 2. The Kier molecular flexibility index (Phi) is 4.90. The molecule has 0 spiro atoms. The van der Waals surface area contributed by atoms with Gasteiger partial charge in [0.05, 0.1) is 11.6 Å². The zero-order chi connectivity index (χ0) is 20.6. The summed E-state index contributed by atoms with van der Waals surface area (Å²) >= 11 is 0. The van der Waals surface area contributed by atoms with Crippen molar-refractivity contribution in [1.82, 2.24) is 4.98 Å². The molecule has 148 valence electrons. The van der Waals surface area contributed by atoms with Crippen LogP contribution >= 0.6 is 0 Å². The molecular weight excluding hydrogens is 387 g/mol. The lowest BCUT2D eigenvalue weighted by Gasteiger charge is -2.09. The third-order valence-corrected chi connectivity index (χ3v) is 4.90. The van der Waals surface area contributed by atoms with Crippen LogP contribution in [0.5, 0.6) is 0 Å². The molecule has 2 heterocycles. The van der Waals surface area contributed by atoms with E-state index in [2.05, 4.69) is 9.98 Å². The first-order valence-electron chi connectivity index (χ1n) is 8.97. The molecular formula is C22H15F5N2. The molecule has 0 bridgehead atoms. The largest absolute Gasteiger partial charge is 0.433 e. The van der Waals surface area contributed by atoms with E-state index < -0.39 is 23.5 Å². The summed E-state index contributed by atoms with van der Waals surface area (Å²) in [6, 6.07) is 13.0. The number of nitrogens with zero attached hydrogens (tertiary/aromatic N) is 2. The molecule has 0 saturated carbocycles. The van der Waals surface area contributed by atoms with Crippen molar-refractivity contribution in [1.29, 1.82) is 0 Å². The Balaban J connectivity index is 1.55. The number of rotatable bonds is 3. The van der Waals surface area contributed by atoms with Gasteiger partial charge < -0.3 is 0 Å². The maximum Gasteiger partial charge on any atom is 0.433 e. The predicted octanol–water partition coefficient (Wildman–Crippen LogP) is 6.37. The van der Waals surface area contributed by atoms with Crippen LogP contribution < -0.4 is 0 Å². The minimum Gasteiger partial charge on any atom is -0.281 e. The normalized spacial score (nSPS) is 16.7. The van der Waals surface area contributed by atoms with E-state index in [0.29, 0.717) is 24.1 Å². The average Bonchev–Trinajstić information content (AvgIpc) is 3.17. The van der Waals surface area contributed by atoms with Crippen molar-refractivity contribution >= 4 is 5.71 Å². The summed E-state index contributed by atoms with van der Waals surface area (Å²) in [6.45, 7) is 0. The first-order valence-corrected chi connectivity index (χ1v) is 8.97. The number of alkyl halides is 3. The fourth-order valence-electron chi connectivity index (χ4n) is 3.42. The summed E-state index contributed by atoms with van der Waals surface area (Å²) in [5, 5.41) is 0. The van der Waals surface area contributed by atoms with Gasteiger partial charge in [-0.2, -0.15) is 13.2 Å². The maximum atomic E-state index is 14.0. The highest BCUT2D eigenvalue weighted by Crippen LogP contribution is 2.34. The molecule has 2 aromatic carbocycles. The zero-order valence-corrected chi connectivity index (χ0v) is 15.0. The van der Waals surface area contributed by atoms with Crippen molar-refractivity contribution in [2.24, 2.45) is 4.99 Å². The monoisotopic (exact) mass is 402 g/mol. The summed E-state index contributed by atoms with van der Waals surface area (Å²) in [5.74, 6) is -1.26. The van der Waals surface area contributed by atoms with Gasteiger partial charge in [0, 0.05) is 17.5 Å². The Bertz CT molecular complexity index is 1030. The summed E-state index contributed by atoms with van der Waals surface area (Å²) in [5.41, 5.74) is 1.54. The zero-order valence-electron chi connectivity index (χ0n) is 15.0. The van der Waals surface area contributed by atoms with Crippen LogP contribution in [0.4, 0.5) is 22.0 Å². The molecule has 0 N–H and O–H groups in total. The third-order valence-electron chi connectivity index (χ3n) is 4.90. The smallest absolute Gasteiger partial charge is 0.281 e. The summed E-state index contributed by atoms with van der Waals surface area (Å²) < 4.78 is 65.8. The summed E-state index contributed by atoms with van der Waals surface area (Å²) in [7, 11) is 0. The summed E-state index contributed by atoms with van der Waals surface area (Å²) in [6.07, 6.45) is -2.19.